The monoisotopic (exact) mass is 358 g/mol. The van der Waals surface area contributed by atoms with Gasteiger partial charge in [0.15, 0.2) is 11.5 Å². The first-order valence-electron chi connectivity index (χ1n) is 8.62. The number of aromatic amines is 1. The van der Waals surface area contributed by atoms with Crippen molar-refractivity contribution in [2.45, 2.75) is 12.1 Å². The normalized spacial score (nSPS) is 22.2. The quantitative estimate of drug-likeness (QED) is 0.845. The zero-order valence-electron chi connectivity index (χ0n) is 14.8. The molecule has 1 aromatic heterocycles. The second-order valence-electron chi connectivity index (χ2n) is 6.37. The number of amides is 1. The summed E-state index contributed by atoms with van der Waals surface area (Å²) in [4.78, 5) is 14.8. The highest BCUT2D eigenvalue weighted by atomic mass is 16.5. The number of carbonyl (C=O) groups excluding carboxylic acids is 1. The highest BCUT2D eigenvalue weighted by Crippen LogP contribution is 2.32. The van der Waals surface area contributed by atoms with Gasteiger partial charge in [-0.1, -0.05) is 0 Å². The van der Waals surface area contributed by atoms with E-state index in [9.17, 15) is 4.79 Å². The van der Waals surface area contributed by atoms with Crippen molar-refractivity contribution in [1.82, 2.24) is 20.4 Å². The van der Waals surface area contributed by atoms with Crippen LogP contribution >= 0.6 is 0 Å². The second kappa shape index (κ2) is 6.97. The van der Waals surface area contributed by atoms with Gasteiger partial charge < -0.3 is 24.4 Å². The maximum Gasteiger partial charge on any atom is 0.272 e. The van der Waals surface area contributed by atoms with Crippen molar-refractivity contribution < 1.29 is 19.0 Å². The fourth-order valence-electron chi connectivity index (χ4n) is 3.57. The number of morpholine rings is 1. The Morgan fingerprint density at radius 3 is 2.88 bits per heavy atom. The Labute approximate surface area is 151 Å². The summed E-state index contributed by atoms with van der Waals surface area (Å²) < 4.78 is 16.3. The van der Waals surface area contributed by atoms with Crippen molar-refractivity contribution in [2.75, 3.05) is 40.5 Å². The van der Waals surface area contributed by atoms with Crippen LogP contribution in [0.25, 0.3) is 11.3 Å². The maximum atomic E-state index is 12.9. The van der Waals surface area contributed by atoms with Gasteiger partial charge in [0.25, 0.3) is 5.91 Å². The molecule has 2 N–H and O–H groups in total. The number of methoxy groups -OCH3 is 2. The number of aromatic nitrogens is 2. The average Bonchev–Trinajstić information content (AvgIpc) is 3.36. The van der Waals surface area contributed by atoms with E-state index in [0.717, 1.165) is 18.7 Å². The maximum absolute atomic E-state index is 12.9. The Balaban J connectivity index is 1.57. The lowest BCUT2D eigenvalue weighted by Gasteiger charge is -2.36. The van der Waals surface area contributed by atoms with Gasteiger partial charge in [0.05, 0.1) is 38.7 Å². The summed E-state index contributed by atoms with van der Waals surface area (Å²) in [6, 6.07) is 7.40. The number of H-pyrrole nitrogens is 1. The van der Waals surface area contributed by atoms with Crippen molar-refractivity contribution in [1.29, 1.82) is 0 Å². The summed E-state index contributed by atoms with van der Waals surface area (Å²) in [5.74, 6) is 1.22. The van der Waals surface area contributed by atoms with E-state index in [4.69, 9.17) is 14.2 Å². The number of hydrogen-bond acceptors (Lipinski definition) is 6. The van der Waals surface area contributed by atoms with Crippen LogP contribution in [0.2, 0.25) is 0 Å². The SMILES string of the molecule is COc1ccc(-c2cc(C(=O)N3CCO[C@H]4CNC[C@H]43)[nH]n2)cc1OC. The molecule has 0 bridgehead atoms. The molecule has 2 aliphatic heterocycles. The summed E-state index contributed by atoms with van der Waals surface area (Å²) in [6.45, 7) is 2.69. The molecule has 4 rings (SSSR count). The van der Waals surface area contributed by atoms with E-state index in [1.165, 1.54) is 0 Å². The van der Waals surface area contributed by atoms with Gasteiger partial charge in [-0.25, -0.2) is 0 Å². The van der Waals surface area contributed by atoms with Crippen molar-refractivity contribution in [3.8, 4) is 22.8 Å². The molecule has 0 aliphatic carbocycles. The molecule has 2 atom stereocenters. The number of ether oxygens (including phenoxy) is 3. The van der Waals surface area contributed by atoms with Crippen molar-refractivity contribution in [3.63, 3.8) is 0 Å². The lowest BCUT2D eigenvalue weighted by Crippen LogP contribution is -2.53. The largest absolute Gasteiger partial charge is 0.493 e. The zero-order chi connectivity index (χ0) is 18.1. The minimum Gasteiger partial charge on any atom is -0.493 e. The third-order valence-corrected chi connectivity index (χ3v) is 4.94. The minimum atomic E-state index is -0.0498. The summed E-state index contributed by atoms with van der Waals surface area (Å²) in [6.07, 6.45) is 0.0703. The Kier molecular flexibility index (Phi) is 4.52. The number of nitrogens with one attached hydrogen (secondary N) is 2. The first-order valence-corrected chi connectivity index (χ1v) is 8.62. The van der Waals surface area contributed by atoms with Crippen LogP contribution < -0.4 is 14.8 Å². The third-order valence-electron chi connectivity index (χ3n) is 4.94. The molecular formula is C18H22N4O4. The Morgan fingerprint density at radius 1 is 1.23 bits per heavy atom. The first kappa shape index (κ1) is 16.9. The molecule has 138 valence electrons. The lowest BCUT2D eigenvalue weighted by atomic mass is 10.1. The van der Waals surface area contributed by atoms with Crippen LogP contribution in [-0.2, 0) is 4.74 Å². The minimum absolute atomic E-state index is 0.0498. The van der Waals surface area contributed by atoms with Crippen molar-refractivity contribution in [3.05, 3.63) is 30.0 Å². The Hall–Kier alpha value is -2.58. The lowest BCUT2D eigenvalue weighted by molar-refractivity contribution is -0.0366. The molecule has 3 heterocycles. The fourth-order valence-corrected chi connectivity index (χ4v) is 3.57. The predicted octanol–water partition coefficient (Wildman–Crippen LogP) is 0.907. The molecule has 0 unspecified atom stereocenters. The van der Waals surface area contributed by atoms with E-state index >= 15 is 0 Å². The smallest absolute Gasteiger partial charge is 0.272 e. The zero-order valence-corrected chi connectivity index (χ0v) is 14.8. The number of benzene rings is 1. The van der Waals surface area contributed by atoms with Crippen LogP contribution in [0, 0.1) is 0 Å². The first-order chi connectivity index (χ1) is 12.7. The topological polar surface area (TPSA) is 88.7 Å². The molecule has 1 aromatic carbocycles. The molecule has 8 nitrogen and oxygen atoms in total. The predicted molar refractivity (Wildman–Crippen MR) is 94.6 cm³/mol. The van der Waals surface area contributed by atoms with Gasteiger partial charge in [-0.2, -0.15) is 5.10 Å². The molecule has 0 radical (unpaired) electrons. The van der Waals surface area contributed by atoms with Gasteiger partial charge in [0, 0.05) is 25.2 Å². The summed E-state index contributed by atoms with van der Waals surface area (Å²) in [5.41, 5.74) is 2.01. The standard InChI is InChI=1S/C18H22N4O4/c1-24-15-4-3-11(7-16(15)25-2)12-8-13(21-20-12)18(23)22-5-6-26-17-10-19-9-14(17)22/h3-4,7-8,14,17,19H,5-6,9-10H2,1-2H3,(H,20,21)/t14-,17+/m1/s1. The van der Waals surface area contributed by atoms with Gasteiger partial charge in [-0.3, -0.25) is 9.89 Å². The van der Waals surface area contributed by atoms with Crippen LogP contribution in [0.5, 0.6) is 11.5 Å². The molecule has 1 amide bonds. The van der Waals surface area contributed by atoms with Crippen LogP contribution in [-0.4, -0.2) is 73.6 Å². The van der Waals surface area contributed by atoms with E-state index in [1.54, 1.807) is 20.3 Å². The van der Waals surface area contributed by atoms with Crippen LogP contribution in [0.3, 0.4) is 0 Å². The second-order valence-corrected chi connectivity index (χ2v) is 6.37. The Bertz CT molecular complexity index is 806. The molecule has 26 heavy (non-hydrogen) atoms. The summed E-state index contributed by atoms with van der Waals surface area (Å²) in [5, 5.41) is 10.5. The van der Waals surface area contributed by atoms with Crippen molar-refractivity contribution >= 4 is 5.91 Å². The van der Waals surface area contributed by atoms with Crippen molar-refractivity contribution in [2.24, 2.45) is 0 Å². The molecule has 2 aromatic rings. The number of fused-ring (bicyclic) bond motifs is 1. The van der Waals surface area contributed by atoms with E-state index in [-0.39, 0.29) is 18.1 Å². The molecule has 0 spiro atoms. The molecule has 8 heteroatoms. The third kappa shape index (κ3) is 2.91. The van der Waals surface area contributed by atoms with E-state index < -0.39 is 0 Å². The highest BCUT2D eigenvalue weighted by Gasteiger charge is 2.39. The molecule has 2 aliphatic rings. The number of carbonyl (C=O) groups is 1. The van der Waals surface area contributed by atoms with E-state index in [1.807, 2.05) is 23.1 Å². The van der Waals surface area contributed by atoms with Gasteiger partial charge in [0.1, 0.15) is 5.69 Å². The van der Waals surface area contributed by atoms with Gasteiger partial charge in [0.2, 0.25) is 0 Å². The molecule has 2 saturated heterocycles. The van der Waals surface area contributed by atoms with E-state index in [2.05, 4.69) is 15.5 Å². The van der Waals surface area contributed by atoms with Crippen LogP contribution in [0.1, 0.15) is 10.5 Å². The summed E-state index contributed by atoms with van der Waals surface area (Å²) in [7, 11) is 3.18. The number of nitrogens with zero attached hydrogens (tertiary/aromatic N) is 2. The van der Waals surface area contributed by atoms with Crippen LogP contribution in [0.4, 0.5) is 0 Å². The molecule has 2 fully saturated rings. The number of hydrogen-bond donors (Lipinski definition) is 2. The van der Waals surface area contributed by atoms with Gasteiger partial charge >= 0.3 is 0 Å². The fraction of sp³-hybridized carbons (Fsp3) is 0.444. The van der Waals surface area contributed by atoms with Gasteiger partial charge in [-0.05, 0) is 24.3 Å². The molecule has 0 saturated carbocycles. The summed E-state index contributed by atoms with van der Waals surface area (Å²) >= 11 is 0. The average molecular weight is 358 g/mol. The molecular weight excluding hydrogens is 336 g/mol. The van der Waals surface area contributed by atoms with Crippen LogP contribution in [0.15, 0.2) is 24.3 Å². The Morgan fingerprint density at radius 2 is 2.08 bits per heavy atom. The highest BCUT2D eigenvalue weighted by molar-refractivity contribution is 5.93. The number of rotatable bonds is 4. The van der Waals surface area contributed by atoms with Gasteiger partial charge in [-0.15, -0.1) is 0 Å². The van der Waals surface area contributed by atoms with E-state index in [0.29, 0.717) is 36.0 Å².